The van der Waals surface area contributed by atoms with Gasteiger partial charge in [0.05, 0.1) is 0 Å². The largest absolute Gasteiger partial charge is 0.342 e. The minimum absolute atomic E-state index is 0.0247. The molecule has 1 saturated heterocycles. The number of hydrogen-bond donors (Lipinski definition) is 1. The molecule has 1 heterocycles. The van der Waals surface area contributed by atoms with Crippen molar-refractivity contribution in [2.24, 2.45) is 0 Å². The first-order valence-electron chi connectivity index (χ1n) is 6.00. The van der Waals surface area contributed by atoms with Crippen LogP contribution in [0.5, 0.6) is 0 Å². The second-order valence-corrected chi connectivity index (χ2v) is 6.33. The lowest BCUT2D eigenvalue weighted by Gasteiger charge is -2.29. The topological polar surface area (TPSA) is 49.4 Å². The van der Waals surface area contributed by atoms with Crippen LogP contribution in [0.3, 0.4) is 0 Å². The summed E-state index contributed by atoms with van der Waals surface area (Å²) in [4.78, 5) is 25.5. The van der Waals surface area contributed by atoms with Gasteiger partial charge in [-0.05, 0) is 26.5 Å². The molecule has 1 unspecified atom stereocenters. The van der Waals surface area contributed by atoms with Crippen molar-refractivity contribution < 1.29 is 9.59 Å². The molecule has 0 bridgehead atoms. The van der Waals surface area contributed by atoms with E-state index in [1.165, 1.54) is 0 Å². The highest BCUT2D eigenvalue weighted by Crippen LogP contribution is 2.16. The third-order valence-corrected chi connectivity index (χ3v) is 4.13. The average molecular weight is 258 g/mol. The maximum absolute atomic E-state index is 12.2. The summed E-state index contributed by atoms with van der Waals surface area (Å²) in [5.41, 5.74) is -0.768. The normalized spacial score (nSPS) is 22.0. The molecule has 98 valence electrons. The van der Waals surface area contributed by atoms with Gasteiger partial charge in [-0.3, -0.25) is 9.59 Å². The van der Waals surface area contributed by atoms with E-state index >= 15 is 0 Å². The van der Waals surface area contributed by atoms with E-state index in [2.05, 4.69) is 18.5 Å². The Hall–Kier alpha value is -0.710. The van der Waals surface area contributed by atoms with Crippen molar-refractivity contribution >= 4 is 23.6 Å². The zero-order valence-electron chi connectivity index (χ0n) is 11.1. The van der Waals surface area contributed by atoms with E-state index in [4.69, 9.17) is 0 Å². The molecule has 1 aliphatic heterocycles. The molecule has 0 aromatic rings. The quantitative estimate of drug-likeness (QED) is 0.826. The van der Waals surface area contributed by atoms with Crippen molar-refractivity contribution in [3.05, 3.63) is 0 Å². The van der Waals surface area contributed by atoms with Gasteiger partial charge in [-0.1, -0.05) is 6.92 Å². The lowest BCUT2D eigenvalue weighted by Crippen LogP contribution is -2.53. The Kier molecular flexibility index (Phi) is 4.86. The molecule has 0 saturated carbocycles. The van der Waals surface area contributed by atoms with Crippen LogP contribution in [0.15, 0.2) is 0 Å². The molecule has 5 heteroatoms. The predicted octanol–water partition coefficient (Wildman–Crippen LogP) is 1.26. The molecule has 1 atom stereocenters. The van der Waals surface area contributed by atoms with Gasteiger partial charge in [-0.25, -0.2) is 0 Å². The summed E-state index contributed by atoms with van der Waals surface area (Å²) in [6, 6.07) is 0. The summed E-state index contributed by atoms with van der Waals surface area (Å²) in [5, 5.41) is 3.30. The number of carbonyl (C=O) groups excluding carboxylic acids is 2. The Morgan fingerprint density at radius 3 is 2.71 bits per heavy atom. The van der Waals surface area contributed by atoms with E-state index in [0.29, 0.717) is 18.2 Å². The fourth-order valence-corrected chi connectivity index (χ4v) is 2.21. The van der Waals surface area contributed by atoms with Gasteiger partial charge in [0.1, 0.15) is 5.54 Å². The summed E-state index contributed by atoms with van der Waals surface area (Å²) in [6.45, 7) is 6.96. The number of rotatable bonds is 4. The van der Waals surface area contributed by atoms with Gasteiger partial charge in [0, 0.05) is 24.8 Å². The Balaban J connectivity index is 2.64. The van der Waals surface area contributed by atoms with E-state index in [1.807, 2.05) is 4.90 Å². The molecular weight excluding hydrogens is 236 g/mol. The number of nitrogens with one attached hydrogen (secondary N) is 1. The van der Waals surface area contributed by atoms with E-state index in [1.54, 1.807) is 25.6 Å². The molecule has 4 nitrogen and oxygen atoms in total. The lowest BCUT2D eigenvalue weighted by atomic mass is 10.0. The smallest absolute Gasteiger partial charge is 0.247 e. The van der Waals surface area contributed by atoms with Gasteiger partial charge < -0.3 is 10.2 Å². The maximum Gasteiger partial charge on any atom is 0.247 e. The summed E-state index contributed by atoms with van der Waals surface area (Å²) in [7, 11) is 0. The van der Waals surface area contributed by atoms with E-state index < -0.39 is 5.54 Å². The monoisotopic (exact) mass is 258 g/mol. The van der Waals surface area contributed by atoms with E-state index in [-0.39, 0.29) is 11.8 Å². The van der Waals surface area contributed by atoms with Crippen LogP contribution in [-0.4, -0.2) is 46.8 Å². The van der Waals surface area contributed by atoms with Crippen molar-refractivity contribution in [1.82, 2.24) is 10.2 Å². The third kappa shape index (κ3) is 3.91. The van der Waals surface area contributed by atoms with Crippen molar-refractivity contribution in [2.45, 2.75) is 44.4 Å². The molecule has 17 heavy (non-hydrogen) atoms. The van der Waals surface area contributed by atoms with Crippen LogP contribution >= 0.6 is 11.8 Å². The standard InChI is InChI=1S/C12H22N2O2S/c1-9(17-4)5-7-14-8-6-10(15)13-12(2,3)11(14)16/h9H,5-8H2,1-4H3,(H,13,15). The average Bonchev–Trinajstić information content (AvgIpc) is 2.35. The van der Waals surface area contributed by atoms with E-state index in [0.717, 1.165) is 13.0 Å². The predicted molar refractivity (Wildman–Crippen MR) is 71.0 cm³/mol. The molecule has 0 spiro atoms. The Morgan fingerprint density at radius 1 is 1.47 bits per heavy atom. The van der Waals surface area contributed by atoms with Gasteiger partial charge in [0.15, 0.2) is 0 Å². The third-order valence-electron chi connectivity index (χ3n) is 3.09. The molecule has 1 rings (SSSR count). The zero-order chi connectivity index (χ0) is 13.1. The second-order valence-electron chi connectivity index (χ2n) is 5.05. The molecule has 1 N–H and O–H groups in total. The highest BCUT2D eigenvalue weighted by atomic mass is 32.2. The lowest BCUT2D eigenvalue weighted by molar-refractivity contribution is -0.137. The van der Waals surface area contributed by atoms with Crippen LogP contribution in [0.25, 0.3) is 0 Å². The summed E-state index contributed by atoms with van der Waals surface area (Å²) in [6.07, 6.45) is 3.45. The fourth-order valence-electron chi connectivity index (χ4n) is 1.87. The molecular formula is C12H22N2O2S. The van der Waals surface area contributed by atoms with Gasteiger partial charge in [0.25, 0.3) is 0 Å². The number of nitrogens with zero attached hydrogens (tertiary/aromatic N) is 1. The maximum atomic E-state index is 12.2. The van der Waals surface area contributed by atoms with Crippen LogP contribution in [-0.2, 0) is 9.59 Å². The first-order valence-corrected chi connectivity index (χ1v) is 7.29. The minimum atomic E-state index is -0.768. The van der Waals surface area contributed by atoms with Crippen LogP contribution in [0, 0.1) is 0 Å². The minimum Gasteiger partial charge on any atom is -0.342 e. The number of amides is 2. The Morgan fingerprint density at radius 2 is 2.12 bits per heavy atom. The number of carbonyl (C=O) groups is 2. The summed E-state index contributed by atoms with van der Waals surface area (Å²) < 4.78 is 0. The highest BCUT2D eigenvalue weighted by molar-refractivity contribution is 7.99. The van der Waals surface area contributed by atoms with Crippen molar-refractivity contribution in [3.8, 4) is 0 Å². The molecule has 0 radical (unpaired) electrons. The molecule has 2 amide bonds. The number of thioether (sulfide) groups is 1. The first-order chi connectivity index (χ1) is 7.86. The number of hydrogen-bond acceptors (Lipinski definition) is 3. The highest BCUT2D eigenvalue weighted by Gasteiger charge is 2.36. The molecule has 1 fully saturated rings. The van der Waals surface area contributed by atoms with Crippen LogP contribution in [0.1, 0.15) is 33.6 Å². The summed E-state index contributed by atoms with van der Waals surface area (Å²) >= 11 is 1.80. The van der Waals surface area contributed by atoms with Crippen LogP contribution in [0.4, 0.5) is 0 Å². The molecule has 1 aliphatic rings. The van der Waals surface area contributed by atoms with Crippen molar-refractivity contribution in [3.63, 3.8) is 0 Å². The first kappa shape index (κ1) is 14.4. The fraction of sp³-hybridized carbons (Fsp3) is 0.833. The van der Waals surface area contributed by atoms with E-state index in [9.17, 15) is 9.59 Å². The zero-order valence-corrected chi connectivity index (χ0v) is 11.9. The van der Waals surface area contributed by atoms with Crippen molar-refractivity contribution in [1.29, 1.82) is 0 Å². The SMILES string of the molecule is CSC(C)CCN1CCC(=O)NC(C)(C)C1=O. The Bertz CT molecular complexity index is 305. The molecule has 0 aromatic carbocycles. The van der Waals surface area contributed by atoms with Gasteiger partial charge >= 0.3 is 0 Å². The molecule has 0 aromatic heterocycles. The van der Waals surface area contributed by atoms with Crippen LogP contribution in [0.2, 0.25) is 0 Å². The summed E-state index contributed by atoms with van der Waals surface area (Å²) in [5.74, 6) is -0.0135. The molecule has 0 aliphatic carbocycles. The van der Waals surface area contributed by atoms with Gasteiger partial charge in [-0.15, -0.1) is 0 Å². The second kappa shape index (κ2) is 5.76. The van der Waals surface area contributed by atoms with Gasteiger partial charge in [0.2, 0.25) is 11.8 Å². The Labute approximate surface area is 108 Å². The van der Waals surface area contributed by atoms with Crippen LogP contribution < -0.4 is 5.32 Å². The van der Waals surface area contributed by atoms with Gasteiger partial charge in [-0.2, -0.15) is 11.8 Å². The van der Waals surface area contributed by atoms with Crippen molar-refractivity contribution in [2.75, 3.05) is 19.3 Å².